The van der Waals surface area contributed by atoms with Crippen molar-refractivity contribution < 1.29 is 0 Å². The quantitative estimate of drug-likeness (QED) is 0.927. The van der Waals surface area contributed by atoms with E-state index in [0.717, 1.165) is 31.2 Å². The molecule has 3 nitrogen and oxygen atoms in total. The Hall–Kier alpha value is -1.13. The van der Waals surface area contributed by atoms with Crippen molar-refractivity contribution in [2.24, 2.45) is 0 Å². The van der Waals surface area contributed by atoms with E-state index in [-0.39, 0.29) is 12.4 Å². The molecule has 1 aromatic heterocycles. The fourth-order valence-corrected chi connectivity index (χ4v) is 3.12. The summed E-state index contributed by atoms with van der Waals surface area (Å²) in [6, 6.07) is 10.7. The fraction of sp³-hybridized carbons (Fsp3) is 0.353. The van der Waals surface area contributed by atoms with Gasteiger partial charge in [-0.25, -0.2) is 0 Å². The van der Waals surface area contributed by atoms with Gasteiger partial charge < -0.3 is 5.32 Å². The van der Waals surface area contributed by atoms with E-state index in [1.807, 2.05) is 30.6 Å². The molecule has 1 fully saturated rings. The average Bonchev–Trinajstić information content (AvgIpc) is 2.51. The number of hydrogen-bond donors (Lipinski definition) is 1. The van der Waals surface area contributed by atoms with Crippen molar-refractivity contribution in [1.82, 2.24) is 15.2 Å². The smallest absolute Gasteiger partial charge is 0.0491 e. The lowest BCUT2D eigenvalue weighted by atomic mass is 10.0. The Morgan fingerprint density at radius 1 is 1.36 bits per heavy atom. The second kappa shape index (κ2) is 7.93. The Bertz CT molecular complexity index is 604. The largest absolute Gasteiger partial charge is 0.314 e. The minimum atomic E-state index is 0. The standard InChI is InChI=1S/C17H20ClN3.ClH/c1-13-9-16(18)5-4-15(13)12-21-8-7-20-11-17(21)14-3-2-6-19-10-14;/h2-6,9-10,17,20H,7-8,11-12H2,1H3;1H. The molecule has 0 radical (unpaired) electrons. The van der Waals surface area contributed by atoms with Gasteiger partial charge in [0.05, 0.1) is 0 Å². The molecule has 1 aliphatic rings. The third-order valence-corrected chi connectivity index (χ3v) is 4.34. The summed E-state index contributed by atoms with van der Waals surface area (Å²) in [7, 11) is 0. The van der Waals surface area contributed by atoms with Crippen molar-refractivity contribution in [3.8, 4) is 0 Å². The van der Waals surface area contributed by atoms with Crippen LogP contribution >= 0.6 is 24.0 Å². The number of benzene rings is 1. The molecule has 0 aliphatic carbocycles. The van der Waals surface area contributed by atoms with Crippen LogP contribution in [0.1, 0.15) is 22.7 Å². The zero-order valence-corrected chi connectivity index (χ0v) is 14.2. The summed E-state index contributed by atoms with van der Waals surface area (Å²) in [4.78, 5) is 6.78. The maximum absolute atomic E-state index is 6.05. The molecule has 1 aromatic carbocycles. The average molecular weight is 338 g/mol. The molecule has 0 bridgehead atoms. The minimum Gasteiger partial charge on any atom is -0.314 e. The monoisotopic (exact) mass is 337 g/mol. The van der Waals surface area contributed by atoms with Crippen molar-refractivity contribution in [1.29, 1.82) is 0 Å². The number of nitrogens with one attached hydrogen (secondary N) is 1. The summed E-state index contributed by atoms with van der Waals surface area (Å²) in [6.07, 6.45) is 3.80. The van der Waals surface area contributed by atoms with Crippen LogP contribution in [0.5, 0.6) is 0 Å². The summed E-state index contributed by atoms with van der Waals surface area (Å²) < 4.78 is 0. The molecule has 1 aliphatic heterocycles. The molecule has 118 valence electrons. The summed E-state index contributed by atoms with van der Waals surface area (Å²) in [6.45, 7) is 6.12. The van der Waals surface area contributed by atoms with E-state index >= 15 is 0 Å². The Balaban J connectivity index is 0.00000176. The Labute approximate surface area is 143 Å². The number of aromatic nitrogens is 1. The molecule has 1 saturated heterocycles. The van der Waals surface area contributed by atoms with E-state index in [9.17, 15) is 0 Å². The Morgan fingerprint density at radius 2 is 2.23 bits per heavy atom. The van der Waals surface area contributed by atoms with Gasteiger partial charge in [-0.15, -0.1) is 12.4 Å². The van der Waals surface area contributed by atoms with E-state index < -0.39 is 0 Å². The molecule has 22 heavy (non-hydrogen) atoms. The van der Waals surface area contributed by atoms with E-state index in [4.69, 9.17) is 11.6 Å². The van der Waals surface area contributed by atoms with Gasteiger partial charge in [-0.3, -0.25) is 9.88 Å². The predicted octanol–water partition coefficient (Wildman–Crippen LogP) is 3.61. The molecular formula is C17H21Cl2N3. The Morgan fingerprint density at radius 3 is 2.95 bits per heavy atom. The first kappa shape index (κ1) is 17.2. The highest BCUT2D eigenvalue weighted by molar-refractivity contribution is 6.30. The highest BCUT2D eigenvalue weighted by atomic mass is 35.5. The van der Waals surface area contributed by atoms with E-state index in [0.29, 0.717) is 6.04 Å². The fourth-order valence-electron chi connectivity index (χ4n) is 2.89. The molecule has 1 unspecified atom stereocenters. The number of halogens is 2. The van der Waals surface area contributed by atoms with Gasteiger partial charge >= 0.3 is 0 Å². The topological polar surface area (TPSA) is 28.2 Å². The molecule has 0 saturated carbocycles. The number of nitrogens with zero attached hydrogens (tertiary/aromatic N) is 2. The normalized spacial score (nSPS) is 18.7. The SMILES string of the molecule is Cc1cc(Cl)ccc1CN1CCNCC1c1cccnc1.Cl. The number of piperazine rings is 1. The third kappa shape index (κ3) is 3.99. The lowest BCUT2D eigenvalue weighted by Crippen LogP contribution is -2.45. The van der Waals surface area contributed by atoms with Crippen LogP contribution in [0.15, 0.2) is 42.7 Å². The molecule has 1 N–H and O–H groups in total. The van der Waals surface area contributed by atoms with Gasteiger partial charge in [0.25, 0.3) is 0 Å². The second-order valence-corrected chi connectivity index (χ2v) is 5.98. The molecular weight excluding hydrogens is 317 g/mol. The second-order valence-electron chi connectivity index (χ2n) is 5.55. The maximum atomic E-state index is 6.05. The van der Waals surface area contributed by atoms with Gasteiger partial charge in [-0.05, 0) is 41.8 Å². The molecule has 1 atom stereocenters. The van der Waals surface area contributed by atoms with Crippen LogP contribution in [0, 0.1) is 6.92 Å². The van der Waals surface area contributed by atoms with Gasteiger partial charge in [0.1, 0.15) is 0 Å². The summed E-state index contributed by atoms with van der Waals surface area (Å²) in [5, 5.41) is 4.29. The first-order chi connectivity index (χ1) is 10.2. The van der Waals surface area contributed by atoms with Crippen LogP contribution in [-0.4, -0.2) is 29.5 Å². The highest BCUT2D eigenvalue weighted by Gasteiger charge is 2.24. The summed E-state index contributed by atoms with van der Waals surface area (Å²) in [5.41, 5.74) is 3.87. The van der Waals surface area contributed by atoms with Crippen molar-refractivity contribution in [2.45, 2.75) is 19.5 Å². The van der Waals surface area contributed by atoms with Gasteiger partial charge in [0, 0.05) is 49.6 Å². The lowest BCUT2D eigenvalue weighted by Gasteiger charge is -2.36. The third-order valence-electron chi connectivity index (χ3n) is 4.10. The van der Waals surface area contributed by atoms with Gasteiger partial charge in [-0.1, -0.05) is 23.7 Å². The summed E-state index contributed by atoms with van der Waals surface area (Å²) >= 11 is 6.05. The first-order valence-corrected chi connectivity index (χ1v) is 7.71. The van der Waals surface area contributed by atoms with Crippen molar-refractivity contribution in [3.05, 3.63) is 64.4 Å². The number of pyridine rings is 1. The zero-order chi connectivity index (χ0) is 14.7. The van der Waals surface area contributed by atoms with Crippen LogP contribution in [-0.2, 0) is 6.54 Å². The Kier molecular flexibility index (Phi) is 6.21. The van der Waals surface area contributed by atoms with Crippen molar-refractivity contribution >= 4 is 24.0 Å². The number of aryl methyl sites for hydroxylation is 1. The molecule has 2 heterocycles. The van der Waals surface area contributed by atoms with Crippen LogP contribution < -0.4 is 5.32 Å². The molecule has 3 rings (SSSR count). The van der Waals surface area contributed by atoms with E-state index in [2.05, 4.69) is 34.3 Å². The number of rotatable bonds is 3. The first-order valence-electron chi connectivity index (χ1n) is 7.34. The zero-order valence-electron chi connectivity index (χ0n) is 12.6. The lowest BCUT2D eigenvalue weighted by molar-refractivity contribution is 0.153. The van der Waals surface area contributed by atoms with Crippen molar-refractivity contribution in [3.63, 3.8) is 0 Å². The predicted molar refractivity (Wildman–Crippen MR) is 93.7 cm³/mol. The molecule has 5 heteroatoms. The molecule has 0 spiro atoms. The van der Waals surface area contributed by atoms with Crippen LogP contribution in [0.4, 0.5) is 0 Å². The maximum Gasteiger partial charge on any atom is 0.0491 e. The van der Waals surface area contributed by atoms with Gasteiger partial charge in [0.2, 0.25) is 0 Å². The van der Waals surface area contributed by atoms with Crippen LogP contribution in [0.3, 0.4) is 0 Å². The summed E-state index contributed by atoms with van der Waals surface area (Å²) in [5.74, 6) is 0. The van der Waals surface area contributed by atoms with Gasteiger partial charge in [0.15, 0.2) is 0 Å². The van der Waals surface area contributed by atoms with E-state index in [1.54, 1.807) is 0 Å². The number of hydrogen-bond acceptors (Lipinski definition) is 3. The molecule has 2 aromatic rings. The van der Waals surface area contributed by atoms with Crippen LogP contribution in [0.2, 0.25) is 5.02 Å². The highest BCUT2D eigenvalue weighted by Crippen LogP contribution is 2.25. The minimum absolute atomic E-state index is 0. The van der Waals surface area contributed by atoms with E-state index in [1.165, 1.54) is 16.7 Å². The van der Waals surface area contributed by atoms with Crippen LogP contribution in [0.25, 0.3) is 0 Å². The van der Waals surface area contributed by atoms with Crippen molar-refractivity contribution in [2.75, 3.05) is 19.6 Å². The van der Waals surface area contributed by atoms with Gasteiger partial charge in [-0.2, -0.15) is 0 Å². The molecule has 0 amide bonds.